The predicted molar refractivity (Wildman–Crippen MR) is 126 cm³/mol. The van der Waals surface area contributed by atoms with Crippen LogP contribution in [0.5, 0.6) is 17.2 Å². The third-order valence-corrected chi connectivity index (χ3v) is 11.7. The van der Waals surface area contributed by atoms with E-state index in [1.54, 1.807) is 14.2 Å². The van der Waals surface area contributed by atoms with E-state index in [2.05, 4.69) is 29.1 Å². The number of nitrogens with one attached hydrogen (secondary N) is 1. The van der Waals surface area contributed by atoms with E-state index in [4.69, 9.17) is 21.3 Å². The summed E-state index contributed by atoms with van der Waals surface area (Å²) >= 11 is 6.37. The van der Waals surface area contributed by atoms with Crippen LogP contribution in [0.2, 0.25) is 0 Å². The second-order valence-electron chi connectivity index (χ2n) is 8.42. The molecule has 0 saturated carbocycles. The van der Waals surface area contributed by atoms with Crippen LogP contribution in [0.15, 0.2) is 18.2 Å². The van der Waals surface area contributed by atoms with Crippen molar-refractivity contribution in [2.24, 2.45) is 11.8 Å². The largest absolute Gasteiger partial charge is 0.502 e. The number of ether oxygens (including phenoxy) is 2. The Morgan fingerprint density at radius 1 is 1.07 bits per heavy atom. The quantitative estimate of drug-likeness (QED) is 0.592. The maximum atomic E-state index is 10.4. The van der Waals surface area contributed by atoms with E-state index in [-0.39, 0.29) is 11.4 Å². The molecule has 2 heterocycles. The third-order valence-electron chi connectivity index (χ3n) is 6.06. The van der Waals surface area contributed by atoms with Crippen LogP contribution in [0.4, 0.5) is 5.95 Å². The molecule has 2 N–H and O–H groups in total. The van der Waals surface area contributed by atoms with Crippen molar-refractivity contribution in [2.45, 2.75) is 33.4 Å². The Kier molecular flexibility index (Phi) is 6.93. The SMILES string of the molecule is COc1cc(C(CNc2nc(C)cc(C)n2)P2(=S)CC(C)C(C)C2)cc(OC)c1O. The Balaban J connectivity index is 2.01. The molecule has 0 aliphatic carbocycles. The number of aryl methyl sites for hydroxylation is 2. The van der Waals surface area contributed by atoms with Gasteiger partial charge in [-0.2, -0.15) is 0 Å². The zero-order valence-corrected chi connectivity index (χ0v) is 20.3. The van der Waals surface area contributed by atoms with E-state index in [1.807, 2.05) is 32.0 Å². The first-order valence-corrected chi connectivity index (χ1v) is 13.5. The zero-order valence-electron chi connectivity index (χ0n) is 18.6. The Labute approximate surface area is 184 Å². The molecule has 164 valence electrons. The Hall–Kier alpha value is -1.85. The number of nitrogens with zero attached hydrogens (tertiary/aromatic N) is 2. The highest BCUT2D eigenvalue weighted by atomic mass is 32.4. The number of aromatic hydroxyl groups is 1. The normalized spacial score (nSPS) is 24.5. The van der Waals surface area contributed by atoms with Crippen LogP contribution in [0.25, 0.3) is 0 Å². The molecule has 2 aromatic rings. The summed E-state index contributed by atoms with van der Waals surface area (Å²) in [5.41, 5.74) is 3.00. The van der Waals surface area contributed by atoms with E-state index in [1.165, 1.54) is 0 Å². The molecule has 1 aromatic heterocycles. The molecule has 0 radical (unpaired) electrons. The lowest BCUT2D eigenvalue weighted by molar-refractivity contribution is 0.339. The molecule has 6 nitrogen and oxygen atoms in total. The molecule has 0 spiro atoms. The van der Waals surface area contributed by atoms with Crippen molar-refractivity contribution in [2.75, 3.05) is 38.4 Å². The molecule has 0 amide bonds. The molecule has 3 atom stereocenters. The number of hydrogen-bond acceptors (Lipinski definition) is 7. The first-order chi connectivity index (χ1) is 14.2. The van der Waals surface area contributed by atoms with Crippen molar-refractivity contribution in [3.63, 3.8) is 0 Å². The highest BCUT2D eigenvalue weighted by molar-refractivity contribution is 8.14. The number of anilines is 1. The number of benzene rings is 1. The summed E-state index contributed by atoms with van der Waals surface area (Å²) < 4.78 is 10.8. The minimum absolute atomic E-state index is 0.0120. The first kappa shape index (κ1) is 22.8. The number of aromatic nitrogens is 2. The van der Waals surface area contributed by atoms with Gasteiger partial charge in [-0.15, -0.1) is 0 Å². The molecule has 1 saturated heterocycles. The van der Waals surface area contributed by atoms with Gasteiger partial charge in [0.25, 0.3) is 0 Å². The van der Waals surface area contributed by atoms with Gasteiger partial charge in [-0.1, -0.05) is 25.7 Å². The van der Waals surface area contributed by atoms with E-state index < -0.39 is 6.04 Å². The number of methoxy groups -OCH3 is 2. The summed E-state index contributed by atoms with van der Waals surface area (Å²) in [7, 11) is 3.10. The number of phenolic OH excluding ortho intramolecular Hbond substituents is 1. The van der Waals surface area contributed by atoms with Gasteiger partial charge in [0.05, 0.1) is 14.2 Å². The fourth-order valence-corrected chi connectivity index (χ4v) is 10.8. The standard InChI is InChI=1S/C22H32N3O3PS/c1-13-11-29(30,12-14(13)2)20(10-23-22-24-15(3)7-16(4)25-22)17-8-18(27-5)21(26)19(9-17)28-6/h7-9,13-14,20,26H,10-12H2,1-6H3,(H,23,24,25). The topological polar surface area (TPSA) is 76.5 Å². The molecule has 3 rings (SSSR count). The Morgan fingerprint density at radius 3 is 2.03 bits per heavy atom. The van der Waals surface area contributed by atoms with Gasteiger partial charge in [-0.25, -0.2) is 9.97 Å². The zero-order chi connectivity index (χ0) is 22.1. The minimum atomic E-state index is -1.73. The monoisotopic (exact) mass is 449 g/mol. The van der Waals surface area contributed by atoms with E-state index in [0.717, 1.165) is 29.3 Å². The van der Waals surface area contributed by atoms with Gasteiger partial charge in [-0.3, -0.25) is 0 Å². The van der Waals surface area contributed by atoms with Crippen LogP contribution in [0.1, 0.15) is 36.5 Å². The minimum Gasteiger partial charge on any atom is -0.502 e. The van der Waals surface area contributed by atoms with Crippen molar-refractivity contribution in [3.05, 3.63) is 35.2 Å². The van der Waals surface area contributed by atoms with Crippen LogP contribution in [0.3, 0.4) is 0 Å². The van der Waals surface area contributed by atoms with Crippen molar-refractivity contribution in [3.8, 4) is 17.2 Å². The van der Waals surface area contributed by atoms with Crippen LogP contribution in [0, 0.1) is 25.7 Å². The highest BCUT2D eigenvalue weighted by Gasteiger charge is 2.40. The second-order valence-corrected chi connectivity index (χ2v) is 13.9. The van der Waals surface area contributed by atoms with E-state index in [0.29, 0.717) is 35.8 Å². The second kappa shape index (κ2) is 9.11. The Bertz CT molecular complexity index is 909. The predicted octanol–water partition coefficient (Wildman–Crippen LogP) is 4.73. The van der Waals surface area contributed by atoms with Crippen molar-refractivity contribution in [1.29, 1.82) is 0 Å². The smallest absolute Gasteiger partial charge is 0.223 e. The molecule has 30 heavy (non-hydrogen) atoms. The van der Waals surface area contributed by atoms with Crippen molar-refractivity contribution >= 4 is 23.8 Å². The lowest BCUT2D eigenvalue weighted by Crippen LogP contribution is -2.17. The van der Waals surface area contributed by atoms with Gasteiger partial charge in [-0.05, 0) is 67.8 Å². The van der Waals surface area contributed by atoms with Crippen molar-refractivity contribution in [1.82, 2.24) is 9.97 Å². The lowest BCUT2D eigenvalue weighted by atomic mass is 10.0. The lowest BCUT2D eigenvalue weighted by Gasteiger charge is -2.29. The maximum absolute atomic E-state index is 10.4. The fraction of sp³-hybridized carbons (Fsp3) is 0.545. The third kappa shape index (κ3) is 4.73. The number of rotatable bonds is 7. The number of hydrogen-bond donors (Lipinski definition) is 2. The van der Waals surface area contributed by atoms with Crippen LogP contribution in [-0.4, -0.2) is 48.2 Å². The average Bonchev–Trinajstić information content (AvgIpc) is 2.94. The van der Waals surface area contributed by atoms with Crippen LogP contribution < -0.4 is 14.8 Å². The first-order valence-electron chi connectivity index (χ1n) is 10.3. The summed E-state index contributed by atoms with van der Waals surface area (Å²) in [6, 6.07) is 4.02. The van der Waals surface area contributed by atoms with Gasteiger partial charge in [0, 0.05) is 23.6 Å². The van der Waals surface area contributed by atoms with Gasteiger partial charge < -0.3 is 19.9 Å². The molecular weight excluding hydrogens is 417 g/mol. The molecule has 1 aliphatic rings. The summed E-state index contributed by atoms with van der Waals surface area (Å²) in [5.74, 6) is 2.65. The van der Waals surface area contributed by atoms with Crippen LogP contribution >= 0.6 is 6.04 Å². The fourth-order valence-electron chi connectivity index (χ4n) is 4.32. The highest BCUT2D eigenvalue weighted by Crippen LogP contribution is 2.66. The molecule has 1 aliphatic heterocycles. The van der Waals surface area contributed by atoms with Crippen LogP contribution in [-0.2, 0) is 11.8 Å². The maximum Gasteiger partial charge on any atom is 0.223 e. The summed E-state index contributed by atoms with van der Waals surface area (Å²) in [6.45, 7) is 9.17. The van der Waals surface area contributed by atoms with Crippen molar-refractivity contribution < 1.29 is 14.6 Å². The average molecular weight is 450 g/mol. The van der Waals surface area contributed by atoms with E-state index >= 15 is 0 Å². The number of phenols is 1. The molecule has 0 bridgehead atoms. The molecule has 1 aromatic carbocycles. The van der Waals surface area contributed by atoms with Gasteiger partial charge >= 0.3 is 0 Å². The van der Waals surface area contributed by atoms with Gasteiger partial charge in [0.2, 0.25) is 11.7 Å². The molecule has 1 fully saturated rings. The summed E-state index contributed by atoms with van der Waals surface area (Å²) in [4.78, 5) is 9.05. The Morgan fingerprint density at radius 2 is 1.57 bits per heavy atom. The van der Waals surface area contributed by atoms with Gasteiger partial charge in [0.15, 0.2) is 11.5 Å². The molecule has 3 unspecified atom stereocenters. The molecular formula is C22H32N3O3PS. The molecule has 8 heteroatoms. The summed E-state index contributed by atoms with van der Waals surface area (Å²) in [6.07, 6.45) is 2.13. The summed E-state index contributed by atoms with van der Waals surface area (Å²) in [5, 5.41) is 13.8. The van der Waals surface area contributed by atoms with E-state index in [9.17, 15) is 5.11 Å². The van der Waals surface area contributed by atoms with Gasteiger partial charge in [0.1, 0.15) is 0 Å².